The van der Waals surface area contributed by atoms with Gasteiger partial charge >= 0.3 is 0 Å². The number of carbonyl (C=O) groups excluding carboxylic acids is 1. The summed E-state index contributed by atoms with van der Waals surface area (Å²) in [7, 11) is 1.55. The van der Waals surface area contributed by atoms with E-state index in [9.17, 15) is 4.79 Å². The van der Waals surface area contributed by atoms with Crippen LogP contribution in [-0.4, -0.2) is 31.1 Å². The highest BCUT2D eigenvalue weighted by molar-refractivity contribution is 7.10. The molecule has 0 fully saturated rings. The van der Waals surface area contributed by atoms with Crippen LogP contribution in [-0.2, 0) is 6.42 Å². The van der Waals surface area contributed by atoms with Crippen molar-refractivity contribution >= 4 is 28.8 Å². The maximum Gasteiger partial charge on any atom is 0.254 e. The lowest BCUT2D eigenvalue weighted by Crippen LogP contribution is -2.39. The number of hydrogen-bond acceptors (Lipinski definition) is 4. The van der Waals surface area contributed by atoms with Crippen LogP contribution in [0, 0.1) is 0 Å². The number of carbonyl (C=O) groups is 1. The van der Waals surface area contributed by atoms with Crippen LogP contribution < -0.4 is 9.47 Å². The second kappa shape index (κ2) is 7.67. The summed E-state index contributed by atoms with van der Waals surface area (Å²) in [5.74, 6) is 0.944. The van der Waals surface area contributed by atoms with Crippen molar-refractivity contribution in [3.63, 3.8) is 0 Å². The first kappa shape index (κ1) is 18.1. The Bertz CT molecular complexity index is 774. The van der Waals surface area contributed by atoms with E-state index in [0.717, 1.165) is 19.4 Å². The molecule has 2 heterocycles. The van der Waals surface area contributed by atoms with E-state index in [0.29, 0.717) is 28.7 Å². The van der Waals surface area contributed by atoms with Crippen LogP contribution in [0.25, 0.3) is 0 Å². The summed E-state index contributed by atoms with van der Waals surface area (Å²) in [5, 5.41) is 2.50. The minimum Gasteiger partial charge on any atom is -0.493 e. The van der Waals surface area contributed by atoms with E-state index < -0.39 is 0 Å². The molecule has 6 heteroatoms. The van der Waals surface area contributed by atoms with Gasteiger partial charge in [0.15, 0.2) is 11.5 Å². The predicted octanol–water partition coefficient (Wildman–Crippen LogP) is 4.96. The van der Waals surface area contributed by atoms with Crippen molar-refractivity contribution in [2.75, 3.05) is 20.3 Å². The Kier molecular flexibility index (Phi) is 5.54. The van der Waals surface area contributed by atoms with Gasteiger partial charge in [-0.2, -0.15) is 0 Å². The van der Waals surface area contributed by atoms with Crippen molar-refractivity contribution in [1.29, 1.82) is 0 Å². The third-order valence-corrected chi connectivity index (χ3v) is 5.78. The van der Waals surface area contributed by atoms with E-state index in [4.69, 9.17) is 21.1 Å². The summed E-state index contributed by atoms with van der Waals surface area (Å²) in [6, 6.07) is 5.64. The second-order valence-corrected chi connectivity index (χ2v) is 7.30. The Morgan fingerprint density at radius 1 is 1.40 bits per heavy atom. The standard InChI is InChI=1S/C19H22ClNO3S/c1-4-15-13-7-9-25-17(13)6-8-21(15)19(22)12-10-14(20)18(24-5-2)16(11-12)23-3/h7,9-11,15H,4-6,8H2,1-3H3. The van der Waals surface area contributed by atoms with Gasteiger partial charge in [-0.25, -0.2) is 0 Å². The van der Waals surface area contributed by atoms with Crippen LogP contribution >= 0.6 is 22.9 Å². The maximum absolute atomic E-state index is 13.2. The normalized spacial score (nSPS) is 16.5. The molecule has 4 nitrogen and oxygen atoms in total. The van der Waals surface area contributed by atoms with Crippen LogP contribution in [0.2, 0.25) is 5.02 Å². The van der Waals surface area contributed by atoms with Crippen LogP contribution in [0.3, 0.4) is 0 Å². The maximum atomic E-state index is 13.2. The van der Waals surface area contributed by atoms with Crippen molar-refractivity contribution in [2.24, 2.45) is 0 Å². The molecular formula is C19H22ClNO3S. The van der Waals surface area contributed by atoms with Crippen molar-refractivity contribution in [2.45, 2.75) is 32.7 Å². The fourth-order valence-corrected chi connectivity index (χ4v) is 4.57. The van der Waals surface area contributed by atoms with Crippen molar-refractivity contribution < 1.29 is 14.3 Å². The third kappa shape index (κ3) is 3.35. The van der Waals surface area contributed by atoms with E-state index >= 15 is 0 Å². The number of halogens is 1. The zero-order valence-electron chi connectivity index (χ0n) is 14.7. The zero-order chi connectivity index (χ0) is 18.0. The fraction of sp³-hybridized carbons (Fsp3) is 0.421. The van der Waals surface area contributed by atoms with Gasteiger partial charge in [0, 0.05) is 17.0 Å². The quantitative estimate of drug-likeness (QED) is 0.737. The number of hydrogen-bond donors (Lipinski definition) is 0. The van der Waals surface area contributed by atoms with E-state index in [2.05, 4.69) is 18.4 Å². The molecule has 1 aromatic carbocycles. The first-order valence-electron chi connectivity index (χ1n) is 8.48. The number of nitrogens with zero attached hydrogens (tertiary/aromatic N) is 1. The number of methoxy groups -OCH3 is 1. The molecule has 0 radical (unpaired) electrons. The van der Waals surface area contributed by atoms with Gasteiger partial charge in [0.25, 0.3) is 5.91 Å². The van der Waals surface area contributed by atoms with Gasteiger partial charge in [-0.1, -0.05) is 18.5 Å². The Balaban J connectivity index is 1.94. The highest BCUT2D eigenvalue weighted by Crippen LogP contribution is 2.39. The largest absolute Gasteiger partial charge is 0.493 e. The van der Waals surface area contributed by atoms with Gasteiger partial charge in [-0.3, -0.25) is 4.79 Å². The zero-order valence-corrected chi connectivity index (χ0v) is 16.2. The number of thiophene rings is 1. The summed E-state index contributed by atoms with van der Waals surface area (Å²) in [6.45, 7) is 5.20. The molecule has 0 aliphatic carbocycles. The molecule has 1 amide bonds. The average molecular weight is 380 g/mol. The molecule has 0 spiro atoms. The van der Waals surface area contributed by atoms with Gasteiger partial charge in [0.05, 0.1) is 24.8 Å². The van der Waals surface area contributed by atoms with Gasteiger partial charge in [0.1, 0.15) is 0 Å². The Hall–Kier alpha value is -1.72. The lowest BCUT2D eigenvalue weighted by atomic mass is 9.97. The first-order valence-corrected chi connectivity index (χ1v) is 9.74. The number of amides is 1. The summed E-state index contributed by atoms with van der Waals surface area (Å²) < 4.78 is 10.9. The average Bonchev–Trinajstić information content (AvgIpc) is 3.10. The van der Waals surface area contributed by atoms with E-state index in [1.807, 2.05) is 11.8 Å². The summed E-state index contributed by atoms with van der Waals surface area (Å²) >= 11 is 8.11. The molecule has 1 unspecified atom stereocenters. The van der Waals surface area contributed by atoms with Crippen LogP contribution in [0.5, 0.6) is 11.5 Å². The highest BCUT2D eigenvalue weighted by atomic mass is 35.5. The minimum atomic E-state index is -0.0213. The van der Waals surface area contributed by atoms with Crippen LogP contribution in [0.15, 0.2) is 23.6 Å². The van der Waals surface area contributed by atoms with E-state index in [1.165, 1.54) is 10.4 Å². The number of fused-ring (bicyclic) bond motifs is 1. The number of rotatable bonds is 5. The monoisotopic (exact) mass is 379 g/mol. The third-order valence-electron chi connectivity index (χ3n) is 4.51. The fourth-order valence-electron chi connectivity index (χ4n) is 3.37. The van der Waals surface area contributed by atoms with Gasteiger partial charge in [-0.05, 0) is 48.9 Å². The highest BCUT2D eigenvalue weighted by Gasteiger charge is 2.31. The molecule has 1 aliphatic rings. The van der Waals surface area contributed by atoms with Crippen LogP contribution in [0.4, 0.5) is 0 Å². The molecule has 0 saturated carbocycles. The van der Waals surface area contributed by atoms with E-state index in [1.54, 1.807) is 30.6 Å². The molecule has 1 atom stereocenters. The molecular weight excluding hydrogens is 358 g/mol. The Morgan fingerprint density at radius 2 is 2.20 bits per heavy atom. The molecule has 1 aromatic heterocycles. The number of benzene rings is 1. The summed E-state index contributed by atoms with van der Waals surface area (Å²) in [6.07, 6.45) is 1.79. The molecule has 0 N–H and O–H groups in total. The van der Waals surface area contributed by atoms with E-state index in [-0.39, 0.29) is 11.9 Å². The van der Waals surface area contributed by atoms with Gasteiger partial charge in [-0.15, -0.1) is 11.3 Å². The van der Waals surface area contributed by atoms with Crippen molar-refractivity contribution in [3.05, 3.63) is 44.6 Å². The summed E-state index contributed by atoms with van der Waals surface area (Å²) in [4.78, 5) is 16.5. The predicted molar refractivity (Wildman–Crippen MR) is 101 cm³/mol. The second-order valence-electron chi connectivity index (χ2n) is 5.89. The van der Waals surface area contributed by atoms with Gasteiger partial charge in [0.2, 0.25) is 0 Å². The van der Waals surface area contributed by atoms with Crippen molar-refractivity contribution in [1.82, 2.24) is 4.90 Å². The molecule has 0 saturated heterocycles. The number of ether oxygens (including phenoxy) is 2. The molecule has 0 bridgehead atoms. The molecule has 134 valence electrons. The lowest BCUT2D eigenvalue weighted by molar-refractivity contribution is 0.0657. The summed E-state index contributed by atoms with van der Waals surface area (Å²) in [5.41, 5.74) is 1.80. The Morgan fingerprint density at radius 3 is 2.88 bits per heavy atom. The van der Waals surface area contributed by atoms with Crippen molar-refractivity contribution in [3.8, 4) is 11.5 Å². The Labute approximate surface area is 157 Å². The minimum absolute atomic E-state index is 0.0213. The smallest absolute Gasteiger partial charge is 0.254 e. The topological polar surface area (TPSA) is 38.8 Å². The van der Waals surface area contributed by atoms with Gasteiger partial charge < -0.3 is 14.4 Å². The first-order chi connectivity index (χ1) is 12.1. The van der Waals surface area contributed by atoms with Crippen LogP contribution in [0.1, 0.15) is 47.1 Å². The molecule has 25 heavy (non-hydrogen) atoms. The SMILES string of the molecule is CCOc1c(Cl)cc(C(=O)N2CCc3sccc3C2CC)cc1OC. The lowest BCUT2D eigenvalue weighted by Gasteiger charge is -2.35. The molecule has 3 rings (SSSR count). The molecule has 1 aliphatic heterocycles. The molecule has 2 aromatic rings.